The molecule has 2 N–H and O–H groups in total. The molecule has 0 aromatic heterocycles. The number of nitrogens with zero attached hydrogens (tertiary/aromatic N) is 1. The van der Waals surface area contributed by atoms with Gasteiger partial charge in [0.2, 0.25) is 0 Å². The molecule has 0 radical (unpaired) electrons. The number of hydrogen-bond donors (Lipinski definition) is 2. The van der Waals surface area contributed by atoms with Gasteiger partial charge in [0.1, 0.15) is 0 Å². The van der Waals surface area contributed by atoms with E-state index in [2.05, 4.69) is 202 Å². The summed E-state index contributed by atoms with van der Waals surface area (Å²) in [6.45, 7) is 75.4. The Labute approximate surface area is 512 Å². The molecule has 6 nitrogen and oxygen atoms in total. The summed E-state index contributed by atoms with van der Waals surface area (Å²) in [5.74, 6) is 7.58. The standard InChI is InChI=1S/2C10H20.C9H18O.C8H17NO.C8H17N.C8H16.C7H15N.C7H14O.C7H14.CH4/c2*1-10(2,3)9-7-5-4-6-8-9;1-9(2,3)8-4-6-10-7-5-8;1-8(2,3)9-4-6-10-7-5-9;1-8(2,3)7-4-5-9-6-7;1-8(2,3)7-5-4-6-7;2*1-7(2,3)6-4-8-5-6;1-7(2,3)6-4-5-6;/h2*9H,4-8H2,1-3H3;8H,4-7H2,1-3H3;4-7H2,1-3H3;7,9H,4-6H2,1-3H3;7H,4-6H2,1-3H3;6,8H,4-5H2,1-3H3;6H,4-5H2,1-3H3;6H,4-5H2,1-3H3;1H4. The smallest absolute Gasteiger partial charge is 0.0594 e. The van der Waals surface area contributed by atoms with E-state index in [4.69, 9.17) is 14.2 Å². The third-order valence-electron chi connectivity index (χ3n) is 20.4. The van der Waals surface area contributed by atoms with E-state index in [0.29, 0.717) is 48.9 Å². The fourth-order valence-corrected chi connectivity index (χ4v) is 12.0. The molecule has 9 rings (SSSR count). The van der Waals surface area contributed by atoms with Crippen LogP contribution >= 0.6 is 0 Å². The molecule has 0 bridgehead atoms. The molecular weight excluding hydrogens is 991 g/mol. The summed E-state index contributed by atoms with van der Waals surface area (Å²) in [6, 6.07) is 0. The van der Waals surface area contributed by atoms with Gasteiger partial charge in [-0.05, 0) is 202 Å². The van der Waals surface area contributed by atoms with Gasteiger partial charge in [-0.3, -0.25) is 4.90 Å². The first-order valence-corrected chi connectivity index (χ1v) is 34.3. The Morgan fingerprint density at radius 1 is 0.272 bits per heavy atom. The lowest BCUT2D eigenvalue weighted by atomic mass is 9.69. The van der Waals surface area contributed by atoms with Crippen molar-refractivity contribution in [1.82, 2.24) is 15.5 Å². The highest BCUT2D eigenvalue weighted by molar-refractivity contribution is 4.86. The van der Waals surface area contributed by atoms with Gasteiger partial charge in [0.05, 0.1) is 26.4 Å². The molecular formula is C75H155N3O3. The molecule has 9 aliphatic rings. The molecule has 5 heterocycles. The van der Waals surface area contributed by atoms with Crippen molar-refractivity contribution < 1.29 is 14.2 Å². The summed E-state index contributed by atoms with van der Waals surface area (Å²) in [6.07, 6.45) is 26.0. The maximum Gasteiger partial charge on any atom is 0.0594 e. The van der Waals surface area contributed by atoms with E-state index in [1.54, 1.807) is 0 Å². The minimum absolute atomic E-state index is 0. The maximum atomic E-state index is 5.29. The first-order chi connectivity index (χ1) is 36.4. The van der Waals surface area contributed by atoms with Crippen LogP contribution in [0.25, 0.3) is 0 Å². The van der Waals surface area contributed by atoms with Crippen molar-refractivity contribution in [2.75, 3.05) is 78.9 Å². The predicted molar refractivity (Wildman–Crippen MR) is 363 cm³/mol. The van der Waals surface area contributed by atoms with Gasteiger partial charge < -0.3 is 24.8 Å². The van der Waals surface area contributed by atoms with E-state index in [9.17, 15) is 0 Å². The normalized spacial score (nSPS) is 23.4. The molecule has 9 fully saturated rings. The fraction of sp³-hybridized carbons (Fsp3) is 1.00. The highest BCUT2D eigenvalue weighted by Crippen LogP contribution is 2.45. The van der Waals surface area contributed by atoms with E-state index in [0.717, 1.165) is 100 Å². The lowest BCUT2D eigenvalue weighted by Gasteiger charge is -2.38. The molecule has 0 amide bonds. The zero-order valence-corrected chi connectivity index (χ0v) is 60.0. The number of hydrogen-bond acceptors (Lipinski definition) is 6. The highest BCUT2D eigenvalue weighted by atomic mass is 16.5. The van der Waals surface area contributed by atoms with Gasteiger partial charge in [0.25, 0.3) is 0 Å². The number of nitrogens with one attached hydrogen (secondary N) is 2. The Kier molecular flexibility index (Phi) is 36.8. The molecule has 6 heteroatoms. The van der Waals surface area contributed by atoms with Crippen LogP contribution in [0.15, 0.2) is 0 Å². The Morgan fingerprint density at radius 2 is 0.568 bits per heavy atom. The maximum absolute atomic E-state index is 5.29. The van der Waals surface area contributed by atoms with Crippen molar-refractivity contribution in [3.63, 3.8) is 0 Å². The van der Waals surface area contributed by atoms with Crippen LogP contribution < -0.4 is 10.6 Å². The third kappa shape index (κ3) is 37.3. The van der Waals surface area contributed by atoms with Gasteiger partial charge in [-0.15, -0.1) is 0 Å². The summed E-state index contributed by atoms with van der Waals surface area (Å²) < 4.78 is 15.6. The second kappa shape index (κ2) is 36.9. The van der Waals surface area contributed by atoms with Gasteiger partial charge in [0.15, 0.2) is 0 Å². The second-order valence-corrected chi connectivity index (χ2v) is 36.4. The van der Waals surface area contributed by atoms with E-state index >= 15 is 0 Å². The summed E-state index contributed by atoms with van der Waals surface area (Å²) in [7, 11) is 0. The van der Waals surface area contributed by atoms with Crippen LogP contribution in [0.5, 0.6) is 0 Å². The molecule has 5 saturated heterocycles. The summed E-state index contributed by atoms with van der Waals surface area (Å²) in [5.41, 5.74) is 4.68. The fourth-order valence-electron chi connectivity index (χ4n) is 12.0. The van der Waals surface area contributed by atoms with Crippen molar-refractivity contribution in [1.29, 1.82) is 0 Å². The van der Waals surface area contributed by atoms with Crippen LogP contribution in [0.3, 0.4) is 0 Å². The molecule has 0 aromatic rings. The van der Waals surface area contributed by atoms with Gasteiger partial charge >= 0.3 is 0 Å². The SMILES string of the molecule is C.CC(C)(C)C1CC1.CC(C)(C)C1CCC1.CC(C)(C)C1CCCCC1.CC(C)(C)C1CCCCC1.CC(C)(C)C1CCNC1.CC(C)(C)C1CCOCC1.CC(C)(C)C1CNC1.CC(C)(C)C1COC1.CC(C)(C)N1CCOCC1. The van der Waals surface area contributed by atoms with Crippen LogP contribution in [0.2, 0.25) is 0 Å². The van der Waals surface area contributed by atoms with Crippen LogP contribution in [-0.2, 0) is 14.2 Å². The molecule has 81 heavy (non-hydrogen) atoms. The third-order valence-corrected chi connectivity index (χ3v) is 20.4. The minimum Gasteiger partial charge on any atom is -0.381 e. The van der Waals surface area contributed by atoms with Crippen molar-refractivity contribution in [3.05, 3.63) is 0 Å². The van der Waals surface area contributed by atoms with Crippen LogP contribution in [0.4, 0.5) is 0 Å². The van der Waals surface area contributed by atoms with E-state index in [-0.39, 0.29) is 7.43 Å². The number of rotatable bonds is 0. The Morgan fingerprint density at radius 3 is 0.704 bits per heavy atom. The highest BCUT2D eigenvalue weighted by Gasteiger charge is 2.35. The van der Waals surface area contributed by atoms with Crippen molar-refractivity contribution >= 4 is 0 Å². The average Bonchev–Trinajstić information content (AvgIpc) is 3.99. The molecule has 0 aromatic carbocycles. The van der Waals surface area contributed by atoms with E-state index in [1.807, 2.05) is 0 Å². The zero-order valence-electron chi connectivity index (χ0n) is 60.0. The lowest BCUT2D eigenvalue weighted by molar-refractivity contribution is -0.0821. The predicted octanol–water partition coefficient (Wildman–Crippen LogP) is 21.3. The molecule has 488 valence electrons. The van der Waals surface area contributed by atoms with Gasteiger partial charge in [-0.2, -0.15) is 0 Å². The number of morpholine rings is 1. The van der Waals surface area contributed by atoms with Crippen molar-refractivity contribution in [3.8, 4) is 0 Å². The minimum atomic E-state index is 0. The van der Waals surface area contributed by atoms with Crippen molar-refractivity contribution in [2.24, 2.45) is 90.7 Å². The zero-order chi connectivity index (χ0) is 61.4. The largest absolute Gasteiger partial charge is 0.381 e. The van der Waals surface area contributed by atoms with Crippen LogP contribution in [-0.4, -0.2) is 89.3 Å². The summed E-state index contributed by atoms with van der Waals surface area (Å²) >= 11 is 0. The van der Waals surface area contributed by atoms with Crippen LogP contribution in [0.1, 0.15) is 310 Å². The molecule has 4 saturated carbocycles. The van der Waals surface area contributed by atoms with E-state index < -0.39 is 0 Å². The monoisotopic (exact) mass is 1150 g/mol. The molecule has 0 spiro atoms. The Hall–Kier alpha value is -0.240. The summed E-state index contributed by atoms with van der Waals surface area (Å²) in [5, 5.41) is 6.65. The quantitative estimate of drug-likeness (QED) is 0.252. The Balaban J connectivity index is 0.000000889. The topological polar surface area (TPSA) is 55.0 Å². The summed E-state index contributed by atoms with van der Waals surface area (Å²) in [4.78, 5) is 2.45. The Bertz CT molecular complexity index is 1330. The molecule has 5 aliphatic heterocycles. The van der Waals surface area contributed by atoms with Gasteiger partial charge in [-0.25, -0.2) is 0 Å². The lowest BCUT2D eigenvalue weighted by Crippen LogP contribution is -2.48. The molecule has 1 atom stereocenters. The van der Waals surface area contributed by atoms with E-state index in [1.165, 1.54) is 142 Å². The second-order valence-electron chi connectivity index (χ2n) is 36.4. The van der Waals surface area contributed by atoms with Crippen molar-refractivity contribution in [2.45, 2.75) is 315 Å². The first kappa shape index (κ1) is 80.8. The van der Waals surface area contributed by atoms with Gasteiger partial charge in [-0.1, -0.05) is 219 Å². The average molecular weight is 1150 g/mol. The number of ether oxygens (including phenoxy) is 3. The molecule has 4 aliphatic carbocycles. The first-order valence-electron chi connectivity index (χ1n) is 34.3. The van der Waals surface area contributed by atoms with Crippen LogP contribution in [0, 0.1) is 90.7 Å². The molecule has 1 unspecified atom stereocenters. The van der Waals surface area contributed by atoms with Gasteiger partial charge in [0, 0.05) is 37.8 Å².